The number of hydrogen-bond acceptors (Lipinski definition) is 3. The Morgan fingerprint density at radius 1 is 1.03 bits per heavy atom. The van der Waals surface area contributed by atoms with E-state index >= 15 is 0 Å². The first-order valence-electron chi connectivity index (χ1n) is 11.1. The minimum atomic E-state index is -0.533. The molecular weight excluding hydrogens is 408 g/mol. The molecule has 0 aliphatic heterocycles. The molecule has 4 heteroatoms. The molecule has 2 aromatic rings. The average Bonchev–Trinajstić information content (AvgIpc) is 3.11. The maximum atomic E-state index is 12.6. The first-order chi connectivity index (χ1) is 14.8. The third-order valence-corrected chi connectivity index (χ3v) is 6.44. The first-order valence-corrected chi connectivity index (χ1v) is 11.5. The lowest BCUT2D eigenvalue weighted by molar-refractivity contribution is 0.00693. The monoisotopic (exact) mass is 436 g/mol. The maximum absolute atomic E-state index is 12.6. The predicted octanol–water partition coefficient (Wildman–Crippen LogP) is 7.16. The molecule has 4 rings (SSSR count). The van der Waals surface area contributed by atoms with Gasteiger partial charge in [0.25, 0.3) is 0 Å². The Bertz CT molecular complexity index is 1050. The van der Waals surface area contributed by atoms with Crippen LogP contribution in [0.3, 0.4) is 0 Å². The fourth-order valence-electron chi connectivity index (χ4n) is 4.92. The summed E-state index contributed by atoms with van der Waals surface area (Å²) in [6.45, 7) is 5.63. The van der Waals surface area contributed by atoms with Crippen LogP contribution in [0.5, 0.6) is 0 Å². The van der Waals surface area contributed by atoms with Crippen LogP contribution in [0.1, 0.15) is 90.3 Å². The van der Waals surface area contributed by atoms with E-state index in [0.29, 0.717) is 28.5 Å². The Labute approximate surface area is 189 Å². The molecule has 162 valence electrons. The van der Waals surface area contributed by atoms with Crippen LogP contribution in [0.25, 0.3) is 11.1 Å². The van der Waals surface area contributed by atoms with Gasteiger partial charge in [0.15, 0.2) is 6.29 Å². The van der Waals surface area contributed by atoms with Gasteiger partial charge in [0, 0.05) is 10.6 Å². The smallest absolute Gasteiger partial charge is 0.338 e. The normalized spacial score (nSPS) is 16.9. The molecule has 3 nitrogen and oxygen atoms in total. The topological polar surface area (TPSA) is 43.4 Å². The van der Waals surface area contributed by atoms with Crippen molar-refractivity contribution in [3.63, 3.8) is 0 Å². The number of ether oxygens (including phenoxy) is 1. The molecule has 0 N–H and O–H groups in total. The zero-order valence-corrected chi connectivity index (χ0v) is 19.2. The molecule has 0 heterocycles. The molecular formula is C27H29ClO3. The van der Waals surface area contributed by atoms with Gasteiger partial charge in [0.2, 0.25) is 0 Å². The fraction of sp³-hybridized carbons (Fsp3) is 0.407. The van der Waals surface area contributed by atoms with E-state index in [1.165, 1.54) is 36.0 Å². The molecule has 2 aromatic carbocycles. The minimum Gasteiger partial charge on any atom is -0.456 e. The van der Waals surface area contributed by atoms with Crippen molar-refractivity contribution in [1.29, 1.82) is 0 Å². The summed E-state index contributed by atoms with van der Waals surface area (Å²) in [6, 6.07) is 11.5. The van der Waals surface area contributed by atoms with Crippen LogP contribution in [0.15, 0.2) is 36.4 Å². The second kappa shape index (κ2) is 8.63. The van der Waals surface area contributed by atoms with Crippen molar-refractivity contribution in [3.05, 3.63) is 69.2 Å². The summed E-state index contributed by atoms with van der Waals surface area (Å²) in [5, 5.41) is 0.563. The lowest BCUT2D eigenvalue weighted by Crippen LogP contribution is -2.24. The third kappa shape index (κ3) is 4.62. The van der Waals surface area contributed by atoms with E-state index in [9.17, 15) is 9.59 Å². The zero-order valence-electron chi connectivity index (χ0n) is 18.5. The van der Waals surface area contributed by atoms with Crippen LogP contribution in [0, 0.1) is 5.92 Å². The van der Waals surface area contributed by atoms with Gasteiger partial charge in [-0.2, -0.15) is 0 Å². The number of esters is 1. The van der Waals surface area contributed by atoms with Gasteiger partial charge < -0.3 is 4.74 Å². The van der Waals surface area contributed by atoms with Crippen LogP contribution in [0.4, 0.5) is 0 Å². The molecule has 0 atom stereocenters. The molecule has 31 heavy (non-hydrogen) atoms. The van der Waals surface area contributed by atoms with Crippen molar-refractivity contribution in [3.8, 4) is 0 Å². The van der Waals surface area contributed by atoms with Gasteiger partial charge >= 0.3 is 5.97 Å². The highest BCUT2D eigenvalue weighted by Gasteiger charge is 2.31. The van der Waals surface area contributed by atoms with Crippen molar-refractivity contribution >= 4 is 35.0 Å². The van der Waals surface area contributed by atoms with Gasteiger partial charge in [0.1, 0.15) is 5.60 Å². The number of rotatable bonds is 4. The summed E-state index contributed by atoms with van der Waals surface area (Å²) in [6.07, 6.45) is 7.67. The molecule has 0 amide bonds. The lowest BCUT2D eigenvalue weighted by Gasteiger charge is -2.25. The van der Waals surface area contributed by atoms with Gasteiger partial charge in [-0.3, -0.25) is 4.79 Å². The number of fused-ring (bicyclic) bond motifs is 1. The standard InChI is InChI=1S/C27H29ClO3/c1-27(2,3)31-26(30)18-9-11-23-19(13-18)15-24(25(23)17-7-5-4-6-8-17)22-12-10-21(28)14-20(22)16-29/h9-14,16-17H,4-8,15H2,1-3H3. The number of halogens is 1. The van der Waals surface area contributed by atoms with Crippen molar-refractivity contribution in [2.75, 3.05) is 0 Å². The molecule has 0 aromatic heterocycles. The lowest BCUT2D eigenvalue weighted by atomic mass is 9.79. The van der Waals surface area contributed by atoms with E-state index in [-0.39, 0.29) is 5.97 Å². The summed E-state index contributed by atoms with van der Waals surface area (Å²) < 4.78 is 5.57. The van der Waals surface area contributed by atoms with E-state index in [1.807, 2.05) is 45.0 Å². The summed E-state index contributed by atoms with van der Waals surface area (Å²) in [5.74, 6) is 0.176. The van der Waals surface area contributed by atoms with Crippen LogP contribution in [0.2, 0.25) is 5.02 Å². The summed E-state index contributed by atoms with van der Waals surface area (Å²) >= 11 is 6.16. The molecule has 2 aliphatic carbocycles. The van der Waals surface area contributed by atoms with Gasteiger partial charge in [0.05, 0.1) is 5.56 Å². The fourth-order valence-corrected chi connectivity index (χ4v) is 5.10. The average molecular weight is 437 g/mol. The Balaban J connectivity index is 1.78. The highest BCUT2D eigenvalue weighted by atomic mass is 35.5. The summed E-state index contributed by atoms with van der Waals surface area (Å²) in [4.78, 5) is 24.5. The molecule has 0 bridgehead atoms. The van der Waals surface area contributed by atoms with Crippen molar-refractivity contribution < 1.29 is 14.3 Å². The Hall–Kier alpha value is -2.39. The van der Waals surface area contributed by atoms with E-state index in [0.717, 1.165) is 30.3 Å². The SMILES string of the molecule is CC(C)(C)OC(=O)c1ccc2c(c1)CC(c1ccc(Cl)cc1C=O)=C2C1CCCCC1. The maximum Gasteiger partial charge on any atom is 0.338 e. The van der Waals surface area contributed by atoms with Gasteiger partial charge in [-0.05, 0) is 98.1 Å². The van der Waals surface area contributed by atoms with E-state index in [2.05, 4.69) is 6.07 Å². The number of aldehydes is 1. The van der Waals surface area contributed by atoms with Gasteiger partial charge in [-0.1, -0.05) is 43.0 Å². The first kappa shape index (κ1) is 21.8. The molecule has 0 spiro atoms. The van der Waals surface area contributed by atoms with E-state index < -0.39 is 5.60 Å². The highest BCUT2D eigenvalue weighted by molar-refractivity contribution is 6.31. The Kier molecular flexibility index (Phi) is 6.07. The molecule has 0 unspecified atom stereocenters. The zero-order chi connectivity index (χ0) is 22.2. The van der Waals surface area contributed by atoms with E-state index in [1.54, 1.807) is 6.07 Å². The molecule has 1 saturated carbocycles. The Morgan fingerprint density at radius 2 is 1.74 bits per heavy atom. The van der Waals surface area contributed by atoms with Crippen LogP contribution >= 0.6 is 11.6 Å². The molecule has 1 fully saturated rings. The molecule has 0 radical (unpaired) electrons. The highest BCUT2D eigenvalue weighted by Crippen LogP contribution is 2.47. The van der Waals surface area contributed by atoms with Gasteiger partial charge in [-0.15, -0.1) is 0 Å². The van der Waals surface area contributed by atoms with Crippen molar-refractivity contribution in [2.24, 2.45) is 5.92 Å². The van der Waals surface area contributed by atoms with Crippen LogP contribution < -0.4 is 0 Å². The largest absolute Gasteiger partial charge is 0.456 e. The van der Waals surface area contributed by atoms with Crippen LogP contribution in [-0.4, -0.2) is 17.9 Å². The minimum absolute atomic E-state index is 0.303. The second-order valence-corrected chi connectivity index (χ2v) is 10.1. The van der Waals surface area contributed by atoms with Crippen LogP contribution in [-0.2, 0) is 11.2 Å². The molecule has 0 saturated heterocycles. The predicted molar refractivity (Wildman–Crippen MR) is 126 cm³/mol. The number of allylic oxidation sites excluding steroid dienone is 2. The summed E-state index contributed by atoms with van der Waals surface area (Å²) in [7, 11) is 0. The molecule has 2 aliphatic rings. The number of carbonyl (C=O) groups excluding carboxylic acids is 2. The third-order valence-electron chi connectivity index (χ3n) is 6.20. The number of benzene rings is 2. The Morgan fingerprint density at radius 3 is 2.42 bits per heavy atom. The van der Waals surface area contributed by atoms with Gasteiger partial charge in [-0.25, -0.2) is 4.79 Å². The number of hydrogen-bond donors (Lipinski definition) is 0. The van der Waals surface area contributed by atoms with Crippen molar-refractivity contribution in [1.82, 2.24) is 0 Å². The quantitative estimate of drug-likeness (QED) is 0.377. The second-order valence-electron chi connectivity index (χ2n) is 9.63. The number of carbonyl (C=O) groups is 2. The van der Waals surface area contributed by atoms with Crippen molar-refractivity contribution in [2.45, 2.75) is 64.9 Å². The van der Waals surface area contributed by atoms with E-state index in [4.69, 9.17) is 16.3 Å². The summed E-state index contributed by atoms with van der Waals surface area (Å²) in [5.41, 5.74) is 6.50.